The molecule has 10 heteroatoms. The molecule has 2 saturated heterocycles. The summed E-state index contributed by atoms with van der Waals surface area (Å²) >= 11 is 0. The maximum Gasteiger partial charge on any atom is 0.243 e. The van der Waals surface area contributed by atoms with Gasteiger partial charge < -0.3 is 29.9 Å². The van der Waals surface area contributed by atoms with Crippen LogP contribution in [0.4, 0.5) is 23.1 Å². The SMILES string of the molecule is C=CC(=O)N[C@H]1CCN(c2nc(Nc3ccc(N4CCN(C)CC4)cc3)c3ncn(CC)c3n2)C1. The number of hydrogen-bond acceptors (Lipinski definition) is 8. The molecule has 3 aromatic rings. The molecule has 0 saturated carbocycles. The van der Waals surface area contributed by atoms with Crippen molar-refractivity contribution in [2.75, 3.05) is 61.4 Å². The first-order valence-electron chi connectivity index (χ1n) is 12.3. The molecule has 0 aliphatic carbocycles. The molecule has 2 fully saturated rings. The van der Waals surface area contributed by atoms with E-state index in [1.54, 1.807) is 0 Å². The van der Waals surface area contributed by atoms with Crippen LogP contribution in [-0.4, -0.2) is 82.7 Å². The van der Waals surface area contributed by atoms with Crippen molar-refractivity contribution >= 4 is 40.2 Å². The predicted octanol–water partition coefficient (Wildman–Crippen LogP) is 2.22. The van der Waals surface area contributed by atoms with Crippen molar-refractivity contribution in [1.29, 1.82) is 0 Å². The first-order valence-corrected chi connectivity index (χ1v) is 12.3. The highest BCUT2D eigenvalue weighted by Crippen LogP contribution is 2.28. The number of carbonyl (C=O) groups excluding carboxylic acids is 1. The van der Waals surface area contributed by atoms with Crippen molar-refractivity contribution < 1.29 is 4.79 Å². The molecule has 2 aliphatic heterocycles. The Bertz CT molecular complexity index is 1200. The Labute approximate surface area is 205 Å². The zero-order valence-electron chi connectivity index (χ0n) is 20.4. The summed E-state index contributed by atoms with van der Waals surface area (Å²) in [6.45, 7) is 12.0. The number of rotatable bonds is 7. The topological polar surface area (TPSA) is 94.5 Å². The Hall–Kier alpha value is -3.66. The molecule has 1 amide bonds. The number of nitrogens with zero attached hydrogens (tertiary/aromatic N) is 7. The molecular weight excluding hydrogens is 442 g/mol. The second kappa shape index (κ2) is 9.91. The van der Waals surface area contributed by atoms with E-state index in [0.717, 1.165) is 62.5 Å². The number of nitrogens with one attached hydrogen (secondary N) is 2. The third-order valence-electron chi connectivity index (χ3n) is 6.79. The van der Waals surface area contributed by atoms with Crippen LogP contribution in [0.5, 0.6) is 0 Å². The van der Waals surface area contributed by atoms with Gasteiger partial charge in [-0.2, -0.15) is 9.97 Å². The molecule has 35 heavy (non-hydrogen) atoms. The first-order chi connectivity index (χ1) is 17.0. The van der Waals surface area contributed by atoms with Gasteiger partial charge in [0.25, 0.3) is 0 Å². The second-order valence-corrected chi connectivity index (χ2v) is 9.18. The molecule has 5 rings (SSSR count). The van der Waals surface area contributed by atoms with Crippen molar-refractivity contribution in [2.45, 2.75) is 25.9 Å². The van der Waals surface area contributed by atoms with Gasteiger partial charge in [0.2, 0.25) is 11.9 Å². The second-order valence-electron chi connectivity index (χ2n) is 9.18. The Balaban J connectivity index is 1.38. The van der Waals surface area contributed by atoms with Crippen LogP contribution < -0.4 is 20.4 Å². The van der Waals surface area contributed by atoms with E-state index in [1.165, 1.54) is 11.8 Å². The predicted molar refractivity (Wildman–Crippen MR) is 139 cm³/mol. The Kier molecular flexibility index (Phi) is 6.54. The molecule has 2 N–H and O–H groups in total. The van der Waals surface area contributed by atoms with Crippen LogP contribution in [0.15, 0.2) is 43.2 Å². The van der Waals surface area contributed by atoms with Gasteiger partial charge in [-0.1, -0.05) is 6.58 Å². The number of benzene rings is 1. The fraction of sp³-hybridized carbons (Fsp3) is 0.440. The van der Waals surface area contributed by atoms with Gasteiger partial charge in [-0.05, 0) is 50.7 Å². The van der Waals surface area contributed by atoms with Crippen LogP contribution in [0.1, 0.15) is 13.3 Å². The molecule has 10 nitrogen and oxygen atoms in total. The van der Waals surface area contributed by atoms with Crippen LogP contribution in [-0.2, 0) is 11.3 Å². The molecule has 4 heterocycles. The standard InChI is InChI=1S/C25H33N9O/c1-4-21(35)27-19-10-11-34(16-19)25-29-23(22-24(30-25)32(5-2)17-26-22)28-18-6-8-20(9-7-18)33-14-12-31(3)13-15-33/h4,6-9,17,19H,1,5,10-16H2,2-3H3,(H,27,35)(H,28,29,30)/t19-/m0/s1. The number of imidazole rings is 1. The van der Waals surface area contributed by atoms with Crippen LogP contribution in [0.25, 0.3) is 11.2 Å². The summed E-state index contributed by atoms with van der Waals surface area (Å²) in [5.41, 5.74) is 3.73. The number of carbonyl (C=O) groups is 1. The van der Waals surface area contributed by atoms with Gasteiger partial charge in [-0.15, -0.1) is 0 Å². The summed E-state index contributed by atoms with van der Waals surface area (Å²) in [6.07, 6.45) is 3.95. The largest absolute Gasteiger partial charge is 0.369 e. The van der Waals surface area contributed by atoms with Gasteiger partial charge in [0.1, 0.15) is 0 Å². The Morgan fingerprint density at radius 2 is 1.89 bits per heavy atom. The summed E-state index contributed by atoms with van der Waals surface area (Å²) in [6, 6.07) is 8.55. The van der Waals surface area contributed by atoms with Crippen molar-refractivity contribution in [3.8, 4) is 0 Å². The molecule has 184 valence electrons. The molecule has 2 aromatic heterocycles. The Morgan fingerprint density at radius 3 is 2.60 bits per heavy atom. The molecule has 1 aromatic carbocycles. The minimum atomic E-state index is -0.153. The average Bonchev–Trinajstić information content (AvgIpc) is 3.52. The Morgan fingerprint density at radius 1 is 1.11 bits per heavy atom. The quantitative estimate of drug-likeness (QED) is 0.503. The number of fused-ring (bicyclic) bond motifs is 1. The zero-order valence-corrected chi connectivity index (χ0v) is 20.4. The number of likely N-dealkylation sites (N-methyl/N-ethyl adjacent to an activating group) is 1. The van der Waals surface area contributed by atoms with E-state index in [2.05, 4.69) is 75.1 Å². The van der Waals surface area contributed by atoms with Gasteiger partial charge in [-0.3, -0.25) is 4.79 Å². The number of aryl methyl sites for hydroxylation is 1. The lowest BCUT2D eigenvalue weighted by Crippen LogP contribution is -2.44. The highest BCUT2D eigenvalue weighted by molar-refractivity contribution is 5.88. The van der Waals surface area contributed by atoms with Crippen molar-refractivity contribution in [1.82, 2.24) is 29.7 Å². The lowest BCUT2D eigenvalue weighted by atomic mass is 10.2. The summed E-state index contributed by atoms with van der Waals surface area (Å²) in [4.78, 5) is 32.9. The smallest absolute Gasteiger partial charge is 0.243 e. The van der Waals surface area contributed by atoms with Crippen molar-refractivity contribution in [3.05, 3.63) is 43.2 Å². The third kappa shape index (κ3) is 4.93. The minimum Gasteiger partial charge on any atom is -0.369 e. The normalized spacial score (nSPS) is 18.7. The third-order valence-corrected chi connectivity index (χ3v) is 6.79. The fourth-order valence-electron chi connectivity index (χ4n) is 4.67. The highest BCUT2D eigenvalue weighted by Gasteiger charge is 2.27. The van der Waals surface area contributed by atoms with E-state index >= 15 is 0 Å². The maximum absolute atomic E-state index is 11.7. The van der Waals surface area contributed by atoms with Gasteiger partial charge in [0.05, 0.1) is 6.33 Å². The van der Waals surface area contributed by atoms with E-state index in [-0.39, 0.29) is 11.9 Å². The van der Waals surface area contributed by atoms with E-state index < -0.39 is 0 Å². The van der Waals surface area contributed by atoms with Crippen LogP contribution in [0.2, 0.25) is 0 Å². The number of piperazine rings is 1. The fourth-order valence-corrected chi connectivity index (χ4v) is 4.67. The van der Waals surface area contributed by atoms with Crippen LogP contribution in [0, 0.1) is 0 Å². The highest BCUT2D eigenvalue weighted by atomic mass is 16.1. The summed E-state index contributed by atoms with van der Waals surface area (Å²) in [5, 5.41) is 6.45. The first kappa shape index (κ1) is 23.1. The lowest BCUT2D eigenvalue weighted by molar-refractivity contribution is -0.117. The molecular formula is C25H33N9O. The van der Waals surface area contributed by atoms with E-state index in [0.29, 0.717) is 18.3 Å². The zero-order chi connectivity index (χ0) is 24.4. The number of hydrogen-bond donors (Lipinski definition) is 2. The number of amides is 1. The molecule has 0 radical (unpaired) electrons. The van der Waals surface area contributed by atoms with Gasteiger partial charge >= 0.3 is 0 Å². The summed E-state index contributed by atoms with van der Waals surface area (Å²) in [5.74, 6) is 1.17. The van der Waals surface area contributed by atoms with Crippen molar-refractivity contribution in [2.24, 2.45) is 0 Å². The van der Waals surface area contributed by atoms with Gasteiger partial charge in [0, 0.05) is 63.2 Å². The van der Waals surface area contributed by atoms with Crippen LogP contribution >= 0.6 is 0 Å². The number of aromatic nitrogens is 4. The minimum absolute atomic E-state index is 0.0504. The van der Waals surface area contributed by atoms with E-state index in [1.807, 2.05) is 10.9 Å². The van der Waals surface area contributed by atoms with Crippen LogP contribution in [0.3, 0.4) is 0 Å². The molecule has 0 unspecified atom stereocenters. The van der Waals surface area contributed by atoms with Crippen molar-refractivity contribution in [3.63, 3.8) is 0 Å². The van der Waals surface area contributed by atoms with E-state index in [9.17, 15) is 4.79 Å². The number of anilines is 4. The maximum atomic E-state index is 11.7. The summed E-state index contributed by atoms with van der Waals surface area (Å²) < 4.78 is 2.02. The molecule has 0 bridgehead atoms. The molecule has 2 aliphatic rings. The van der Waals surface area contributed by atoms with E-state index in [4.69, 9.17) is 9.97 Å². The van der Waals surface area contributed by atoms with Gasteiger partial charge in [0.15, 0.2) is 17.0 Å². The lowest BCUT2D eigenvalue weighted by Gasteiger charge is -2.34. The molecule has 1 atom stereocenters. The molecule has 0 spiro atoms. The van der Waals surface area contributed by atoms with Gasteiger partial charge in [-0.25, -0.2) is 4.98 Å². The summed E-state index contributed by atoms with van der Waals surface area (Å²) in [7, 11) is 2.17. The monoisotopic (exact) mass is 475 g/mol. The average molecular weight is 476 g/mol.